The van der Waals surface area contributed by atoms with Gasteiger partial charge < -0.3 is 20.0 Å². The van der Waals surface area contributed by atoms with E-state index in [1.165, 1.54) is 19.4 Å². The third-order valence-electron chi connectivity index (χ3n) is 4.63. The number of piperidine rings is 1. The highest BCUT2D eigenvalue weighted by atomic mass is 16.3. The lowest BCUT2D eigenvalue weighted by molar-refractivity contribution is -0.00670. The van der Waals surface area contributed by atoms with Crippen LogP contribution in [-0.4, -0.2) is 71.5 Å². The van der Waals surface area contributed by atoms with Crippen LogP contribution in [0.2, 0.25) is 0 Å². The Kier molecular flexibility index (Phi) is 5.42. The molecular weight excluding hydrogens is 228 g/mol. The average molecular weight is 256 g/mol. The number of hydrogen-bond acceptors (Lipinski definition) is 4. The molecule has 0 spiro atoms. The van der Waals surface area contributed by atoms with Gasteiger partial charge in [0.1, 0.15) is 0 Å². The summed E-state index contributed by atoms with van der Waals surface area (Å²) in [4.78, 5) is 4.92. The lowest BCUT2D eigenvalue weighted by Crippen LogP contribution is -2.49. The third kappa shape index (κ3) is 3.67. The van der Waals surface area contributed by atoms with Crippen LogP contribution in [0.25, 0.3) is 0 Å². The molecule has 1 saturated heterocycles. The minimum Gasteiger partial charge on any atom is -0.395 e. The van der Waals surface area contributed by atoms with Crippen molar-refractivity contribution >= 4 is 0 Å². The van der Waals surface area contributed by atoms with Crippen LogP contribution in [0.4, 0.5) is 0 Å². The van der Waals surface area contributed by atoms with Crippen LogP contribution in [0.15, 0.2) is 0 Å². The van der Waals surface area contributed by atoms with E-state index in [9.17, 15) is 5.11 Å². The predicted molar refractivity (Wildman–Crippen MR) is 72.5 cm³/mol. The van der Waals surface area contributed by atoms with Gasteiger partial charge in [0.2, 0.25) is 0 Å². The van der Waals surface area contributed by atoms with Crippen molar-refractivity contribution < 1.29 is 10.2 Å². The minimum atomic E-state index is -0.0459. The zero-order chi connectivity index (χ0) is 13.0. The molecule has 2 rings (SSSR count). The van der Waals surface area contributed by atoms with E-state index in [0.29, 0.717) is 6.04 Å². The fourth-order valence-electron chi connectivity index (χ4n) is 3.26. The second kappa shape index (κ2) is 6.85. The average Bonchev–Trinajstić information content (AvgIpc) is 2.35. The molecule has 0 amide bonds. The lowest BCUT2D eigenvalue weighted by atomic mass is 9.86. The molecule has 0 unspecified atom stereocenters. The Labute approximate surface area is 111 Å². The monoisotopic (exact) mass is 256 g/mol. The van der Waals surface area contributed by atoms with Gasteiger partial charge in [-0.3, -0.25) is 0 Å². The van der Waals surface area contributed by atoms with Crippen LogP contribution in [0, 0.1) is 5.92 Å². The first-order chi connectivity index (χ1) is 8.72. The van der Waals surface area contributed by atoms with Gasteiger partial charge in [-0.15, -0.1) is 0 Å². The summed E-state index contributed by atoms with van der Waals surface area (Å²) < 4.78 is 0. The molecule has 2 aliphatic rings. The number of aliphatic hydroxyl groups is 2. The first-order valence-corrected chi connectivity index (χ1v) is 7.48. The van der Waals surface area contributed by atoms with E-state index in [-0.39, 0.29) is 12.7 Å². The molecule has 0 aromatic carbocycles. The molecule has 1 heterocycles. The van der Waals surface area contributed by atoms with Crippen LogP contribution in [0.1, 0.15) is 32.6 Å². The molecule has 0 aromatic rings. The van der Waals surface area contributed by atoms with Crippen molar-refractivity contribution in [1.29, 1.82) is 0 Å². The predicted octanol–water partition coefficient (Wildman–Crippen LogP) is 0.536. The summed E-state index contributed by atoms with van der Waals surface area (Å²) in [7, 11) is 0. The van der Waals surface area contributed by atoms with Crippen molar-refractivity contribution in [3.63, 3.8) is 0 Å². The molecular formula is C14H28N2O2. The summed E-state index contributed by atoms with van der Waals surface area (Å²) in [6, 6.07) is 0.625. The van der Waals surface area contributed by atoms with Gasteiger partial charge in [0.15, 0.2) is 0 Å². The summed E-state index contributed by atoms with van der Waals surface area (Å²) in [6.45, 7) is 7.91. The van der Waals surface area contributed by atoms with Gasteiger partial charge >= 0.3 is 0 Å². The Morgan fingerprint density at radius 3 is 2.39 bits per heavy atom. The Morgan fingerprint density at radius 2 is 1.89 bits per heavy atom. The highest BCUT2D eigenvalue weighted by molar-refractivity contribution is 4.88. The normalized spacial score (nSPS) is 30.7. The topological polar surface area (TPSA) is 46.9 Å². The van der Waals surface area contributed by atoms with Crippen molar-refractivity contribution in [2.45, 2.75) is 44.8 Å². The van der Waals surface area contributed by atoms with Crippen molar-refractivity contribution in [3.8, 4) is 0 Å². The molecule has 4 heteroatoms. The molecule has 0 radical (unpaired) electrons. The first kappa shape index (κ1) is 14.3. The van der Waals surface area contributed by atoms with Crippen LogP contribution >= 0.6 is 0 Å². The molecule has 1 aliphatic heterocycles. The van der Waals surface area contributed by atoms with Crippen molar-refractivity contribution in [2.75, 3.05) is 39.3 Å². The van der Waals surface area contributed by atoms with Gasteiger partial charge in [-0.05, 0) is 51.2 Å². The van der Waals surface area contributed by atoms with Gasteiger partial charge in [0.25, 0.3) is 0 Å². The van der Waals surface area contributed by atoms with Crippen molar-refractivity contribution in [3.05, 3.63) is 0 Å². The van der Waals surface area contributed by atoms with Gasteiger partial charge in [-0.25, -0.2) is 0 Å². The zero-order valence-electron chi connectivity index (χ0n) is 11.6. The van der Waals surface area contributed by atoms with Gasteiger partial charge in [0.05, 0.1) is 12.7 Å². The van der Waals surface area contributed by atoms with E-state index in [1.807, 2.05) is 0 Å². The molecule has 0 atom stereocenters. The molecule has 18 heavy (non-hydrogen) atoms. The molecule has 2 fully saturated rings. The first-order valence-electron chi connectivity index (χ1n) is 7.48. The molecule has 0 aromatic heterocycles. The molecule has 2 N–H and O–H groups in total. The summed E-state index contributed by atoms with van der Waals surface area (Å²) in [6.07, 6.45) is 4.40. The van der Waals surface area contributed by atoms with E-state index in [2.05, 4.69) is 16.7 Å². The number of aliphatic hydroxyl groups excluding tert-OH is 2. The SMILES string of the molecule is CCN(CC1CCN(CCO)CC1)C1CC(O)C1. The van der Waals surface area contributed by atoms with E-state index < -0.39 is 0 Å². The number of hydrogen-bond donors (Lipinski definition) is 2. The van der Waals surface area contributed by atoms with Gasteiger partial charge in [0, 0.05) is 19.1 Å². The highest BCUT2D eigenvalue weighted by Gasteiger charge is 2.33. The second-order valence-corrected chi connectivity index (χ2v) is 5.88. The maximum absolute atomic E-state index is 9.41. The van der Waals surface area contributed by atoms with Gasteiger partial charge in [-0.2, -0.15) is 0 Å². The lowest BCUT2D eigenvalue weighted by Gasteiger charge is -2.43. The largest absolute Gasteiger partial charge is 0.395 e. The summed E-state index contributed by atoms with van der Waals surface area (Å²) in [5, 5.41) is 18.3. The van der Waals surface area contributed by atoms with E-state index in [4.69, 9.17) is 5.11 Å². The highest BCUT2D eigenvalue weighted by Crippen LogP contribution is 2.27. The maximum atomic E-state index is 9.41. The van der Waals surface area contributed by atoms with Gasteiger partial charge in [-0.1, -0.05) is 6.92 Å². The Bertz CT molecular complexity index is 236. The second-order valence-electron chi connectivity index (χ2n) is 5.88. The van der Waals surface area contributed by atoms with Crippen LogP contribution in [0.3, 0.4) is 0 Å². The number of β-amino-alcohol motifs (C(OH)–C–C–N with tert-alkyl or cyclic N) is 1. The standard InChI is InChI=1S/C14H28N2O2/c1-2-16(13-9-14(18)10-13)11-12-3-5-15(6-4-12)7-8-17/h12-14,17-18H,2-11H2,1H3. The third-order valence-corrected chi connectivity index (χ3v) is 4.63. The van der Waals surface area contributed by atoms with Crippen LogP contribution in [0.5, 0.6) is 0 Å². The summed E-state index contributed by atoms with van der Waals surface area (Å²) in [5.74, 6) is 0.803. The molecule has 106 valence electrons. The maximum Gasteiger partial charge on any atom is 0.0570 e. The van der Waals surface area contributed by atoms with Crippen molar-refractivity contribution in [1.82, 2.24) is 9.80 Å². The smallest absolute Gasteiger partial charge is 0.0570 e. The fourth-order valence-corrected chi connectivity index (χ4v) is 3.26. The van der Waals surface area contributed by atoms with E-state index in [1.54, 1.807) is 0 Å². The van der Waals surface area contributed by atoms with Crippen LogP contribution < -0.4 is 0 Å². The molecule has 4 nitrogen and oxygen atoms in total. The molecule has 1 aliphatic carbocycles. The number of likely N-dealkylation sites (tertiary alicyclic amines) is 1. The number of rotatable bonds is 6. The Hall–Kier alpha value is -0.160. The van der Waals surface area contributed by atoms with E-state index in [0.717, 1.165) is 44.9 Å². The Balaban J connectivity index is 1.69. The molecule has 1 saturated carbocycles. The minimum absolute atomic E-state index is 0.0459. The zero-order valence-corrected chi connectivity index (χ0v) is 11.6. The quantitative estimate of drug-likeness (QED) is 0.728. The summed E-state index contributed by atoms with van der Waals surface area (Å²) in [5.41, 5.74) is 0. The molecule has 0 bridgehead atoms. The van der Waals surface area contributed by atoms with Crippen LogP contribution in [-0.2, 0) is 0 Å². The summed E-state index contributed by atoms with van der Waals surface area (Å²) >= 11 is 0. The Morgan fingerprint density at radius 1 is 1.22 bits per heavy atom. The van der Waals surface area contributed by atoms with Crippen molar-refractivity contribution in [2.24, 2.45) is 5.92 Å². The number of nitrogens with zero attached hydrogens (tertiary/aromatic N) is 2. The van der Waals surface area contributed by atoms with E-state index >= 15 is 0 Å². The fraction of sp³-hybridized carbons (Fsp3) is 1.00.